The van der Waals surface area contributed by atoms with E-state index in [9.17, 15) is 5.11 Å². The highest BCUT2D eigenvalue weighted by Gasteiger charge is 2.45. The second-order valence-corrected chi connectivity index (χ2v) is 10.5. The van der Waals surface area contributed by atoms with Crippen molar-refractivity contribution < 1.29 is 9.84 Å². The maximum absolute atomic E-state index is 9.73. The molecule has 2 saturated heterocycles. The van der Waals surface area contributed by atoms with Crippen LogP contribution in [-0.2, 0) is 11.2 Å². The second kappa shape index (κ2) is 8.95. The molecule has 7 heteroatoms. The molecule has 1 saturated carbocycles. The van der Waals surface area contributed by atoms with Crippen LogP contribution in [0.15, 0.2) is 30.5 Å². The van der Waals surface area contributed by atoms with Crippen molar-refractivity contribution in [1.29, 1.82) is 0 Å². The number of aliphatic hydroxyl groups is 1. The highest BCUT2D eigenvalue weighted by Crippen LogP contribution is 2.49. The lowest BCUT2D eigenvalue weighted by Crippen LogP contribution is -2.49. The van der Waals surface area contributed by atoms with Gasteiger partial charge < -0.3 is 19.7 Å². The Morgan fingerprint density at radius 1 is 1.12 bits per heavy atom. The van der Waals surface area contributed by atoms with E-state index in [-0.39, 0.29) is 6.10 Å². The molecule has 1 spiro atoms. The SMILES string of the molecule is Cc1cc2[nH]c(CCN3CCOCC3)cc2c(-c2ccc(N3CCC4(CC3)CC(O)C4)nc2)n1. The van der Waals surface area contributed by atoms with Gasteiger partial charge in [-0.2, -0.15) is 0 Å². The van der Waals surface area contributed by atoms with E-state index in [2.05, 4.69) is 46.0 Å². The number of nitrogens with one attached hydrogen (secondary N) is 1. The van der Waals surface area contributed by atoms with Gasteiger partial charge in [0.05, 0.1) is 25.0 Å². The molecule has 0 atom stereocenters. The van der Waals surface area contributed by atoms with Crippen molar-refractivity contribution in [1.82, 2.24) is 19.9 Å². The topological polar surface area (TPSA) is 77.5 Å². The predicted molar refractivity (Wildman–Crippen MR) is 134 cm³/mol. The Hall–Kier alpha value is -2.48. The molecule has 3 aliphatic rings. The average Bonchev–Trinajstić information content (AvgIpc) is 3.25. The number of ether oxygens (including phenoxy) is 1. The molecule has 2 N–H and O–H groups in total. The number of aliphatic hydroxyl groups excluding tert-OH is 1. The van der Waals surface area contributed by atoms with Crippen molar-refractivity contribution in [3.63, 3.8) is 0 Å². The molecular weight excluding hydrogens is 426 g/mol. The normalized spacial score (nSPS) is 21.3. The van der Waals surface area contributed by atoms with E-state index in [0.717, 1.165) is 106 Å². The summed E-state index contributed by atoms with van der Waals surface area (Å²) in [5, 5.41) is 10.9. The molecule has 3 fully saturated rings. The van der Waals surface area contributed by atoms with Gasteiger partial charge in [0, 0.05) is 73.2 Å². The number of aryl methyl sites for hydroxylation is 1. The molecule has 5 heterocycles. The van der Waals surface area contributed by atoms with Crippen LogP contribution in [0.2, 0.25) is 0 Å². The van der Waals surface area contributed by atoms with E-state index in [1.807, 2.05) is 6.20 Å². The van der Waals surface area contributed by atoms with E-state index < -0.39 is 0 Å². The van der Waals surface area contributed by atoms with E-state index in [1.54, 1.807) is 0 Å². The Bertz CT molecular complexity index is 1140. The van der Waals surface area contributed by atoms with E-state index in [0.29, 0.717) is 5.41 Å². The van der Waals surface area contributed by atoms with Crippen LogP contribution in [0.5, 0.6) is 0 Å². The summed E-state index contributed by atoms with van der Waals surface area (Å²) in [6.07, 6.45) is 7.18. The number of aromatic nitrogens is 3. The number of rotatable bonds is 5. The summed E-state index contributed by atoms with van der Waals surface area (Å²) >= 11 is 0. The summed E-state index contributed by atoms with van der Waals surface area (Å²) in [6.45, 7) is 8.86. The summed E-state index contributed by atoms with van der Waals surface area (Å²) in [5.41, 5.74) is 5.87. The first kappa shape index (κ1) is 22.0. The fourth-order valence-corrected chi connectivity index (χ4v) is 6.05. The molecule has 1 aliphatic carbocycles. The number of nitrogens with zero attached hydrogens (tertiary/aromatic N) is 4. The minimum absolute atomic E-state index is 0.0732. The zero-order valence-corrected chi connectivity index (χ0v) is 20.1. The van der Waals surface area contributed by atoms with E-state index >= 15 is 0 Å². The fraction of sp³-hybridized carbons (Fsp3) is 0.556. The first-order valence-corrected chi connectivity index (χ1v) is 12.8. The standard InChI is InChI=1S/C27H35N5O2/c1-19-14-24-23(15-21(30-24)4-7-31-10-12-34-13-11-31)26(29-19)20-2-3-25(28-18-20)32-8-5-27(6-9-32)16-22(33)17-27/h2-3,14-15,18,22,30,33H,4-13,16-17H2,1H3. The lowest BCUT2D eigenvalue weighted by atomic mass is 9.61. The molecule has 2 aliphatic heterocycles. The number of morpholine rings is 1. The van der Waals surface area contributed by atoms with Crippen molar-refractivity contribution in [3.05, 3.63) is 41.9 Å². The van der Waals surface area contributed by atoms with Crippen LogP contribution >= 0.6 is 0 Å². The Morgan fingerprint density at radius 3 is 2.62 bits per heavy atom. The first-order valence-electron chi connectivity index (χ1n) is 12.8. The number of pyridine rings is 2. The highest BCUT2D eigenvalue weighted by atomic mass is 16.5. The minimum atomic E-state index is -0.0732. The monoisotopic (exact) mass is 461 g/mol. The van der Waals surface area contributed by atoms with Crippen LogP contribution in [0.25, 0.3) is 22.2 Å². The van der Waals surface area contributed by atoms with Crippen molar-refractivity contribution in [2.45, 2.75) is 45.1 Å². The van der Waals surface area contributed by atoms with Gasteiger partial charge >= 0.3 is 0 Å². The predicted octanol–water partition coefficient (Wildman–Crippen LogP) is 3.55. The van der Waals surface area contributed by atoms with E-state index in [1.165, 1.54) is 11.1 Å². The van der Waals surface area contributed by atoms with Crippen LogP contribution in [-0.4, -0.2) is 77.0 Å². The van der Waals surface area contributed by atoms with Crippen LogP contribution in [0, 0.1) is 12.3 Å². The lowest BCUT2D eigenvalue weighted by molar-refractivity contribution is -0.0464. The van der Waals surface area contributed by atoms with Gasteiger partial charge in [0.15, 0.2) is 0 Å². The number of piperidine rings is 1. The molecule has 0 unspecified atom stereocenters. The molecule has 34 heavy (non-hydrogen) atoms. The molecule has 0 bridgehead atoms. The minimum Gasteiger partial charge on any atom is -0.393 e. The molecular formula is C27H35N5O2. The maximum atomic E-state index is 9.73. The molecule has 3 aromatic heterocycles. The van der Waals surface area contributed by atoms with Gasteiger partial charge in [-0.15, -0.1) is 0 Å². The smallest absolute Gasteiger partial charge is 0.128 e. The second-order valence-electron chi connectivity index (χ2n) is 10.5. The number of hydrogen-bond donors (Lipinski definition) is 2. The van der Waals surface area contributed by atoms with Crippen LogP contribution < -0.4 is 4.90 Å². The van der Waals surface area contributed by atoms with Crippen molar-refractivity contribution in [2.24, 2.45) is 5.41 Å². The zero-order chi connectivity index (χ0) is 23.1. The average molecular weight is 462 g/mol. The Balaban J connectivity index is 1.18. The van der Waals surface area contributed by atoms with Gasteiger partial charge in [-0.3, -0.25) is 9.88 Å². The third-order valence-electron chi connectivity index (χ3n) is 8.11. The Labute approximate surface area is 201 Å². The van der Waals surface area contributed by atoms with Gasteiger partial charge in [-0.25, -0.2) is 4.98 Å². The molecule has 3 aromatic rings. The molecule has 7 nitrogen and oxygen atoms in total. The summed E-state index contributed by atoms with van der Waals surface area (Å²) in [4.78, 5) is 18.2. The molecule has 6 rings (SSSR count). The van der Waals surface area contributed by atoms with Gasteiger partial charge in [-0.1, -0.05) is 0 Å². The van der Waals surface area contributed by atoms with Crippen LogP contribution in [0.3, 0.4) is 0 Å². The van der Waals surface area contributed by atoms with Gasteiger partial charge in [-0.05, 0) is 62.3 Å². The number of anilines is 1. The fourth-order valence-electron chi connectivity index (χ4n) is 6.05. The highest BCUT2D eigenvalue weighted by molar-refractivity contribution is 5.93. The number of aromatic amines is 1. The first-order chi connectivity index (χ1) is 16.6. The summed E-state index contributed by atoms with van der Waals surface area (Å²) in [7, 11) is 0. The van der Waals surface area contributed by atoms with E-state index in [4.69, 9.17) is 14.7 Å². The maximum Gasteiger partial charge on any atom is 0.128 e. The third kappa shape index (κ3) is 4.32. The number of fused-ring (bicyclic) bond motifs is 1. The molecule has 0 aromatic carbocycles. The summed E-state index contributed by atoms with van der Waals surface area (Å²) in [6, 6.07) is 8.72. The van der Waals surface area contributed by atoms with Crippen LogP contribution in [0.1, 0.15) is 37.1 Å². The number of H-pyrrole nitrogens is 1. The largest absolute Gasteiger partial charge is 0.393 e. The summed E-state index contributed by atoms with van der Waals surface area (Å²) in [5.74, 6) is 1.04. The van der Waals surface area contributed by atoms with Crippen molar-refractivity contribution >= 4 is 16.7 Å². The van der Waals surface area contributed by atoms with Crippen molar-refractivity contribution in [3.8, 4) is 11.3 Å². The Morgan fingerprint density at radius 2 is 1.91 bits per heavy atom. The molecule has 0 amide bonds. The van der Waals surface area contributed by atoms with Gasteiger partial charge in [0.2, 0.25) is 0 Å². The Kier molecular flexibility index (Phi) is 5.79. The quantitative estimate of drug-likeness (QED) is 0.605. The molecule has 180 valence electrons. The third-order valence-corrected chi connectivity index (χ3v) is 8.11. The van der Waals surface area contributed by atoms with Crippen molar-refractivity contribution in [2.75, 3.05) is 50.8 Å². The van der Waals surface area contributed by atoms with Gasteiger partial charge in [0.1, 0.15) is 5.82 Å². The lowest BCUT2D eigenvalue weighted by Gasteiger charge is -2.50. The summed E-state index contributed by atoms with van der Waals surface area (Å²) < 4.78 is 5.47. The van der Waals surface area contributed by atoms with Crippen LogP contribution in [0.4, 0.5) is 5.82 Å². The van der Waals surface area contributed by atoms with Gasteiger partial charge in [0.25, 0.3) is 0 Å². The number of hydrogen-bond acceptors (Lipinski definition) is 6. The zero-order valence-electron chi connectivity index (χ0n) is 20.1. The molecule has 0 radical (unpaired) electrons.